The number of amides is 2. The second-order valence-electron chi connectivity index (χ2n) is 5.64. The first-order chi connectivity index (χ1) is 10.2. The van der Waals surface area contributed by atoms with E-state index in [2.05, 4.69) is 33.9 Å². The van der Waals surface area contributed by atoms with Crippen LogP contribution >= 0.6 is 0 Å². The lowest BCUT2D eigenvalue weighted by atomic mass is 10.1. The molecule has 5 nitrogen and oxygen atoms in total. The van der Waals surface area contributed by atoms with E-state index in [0.29, 0.717) is 12.5 Å². The number of aryl methyl sites for hydroxylation is 1. The van der Waals surface area contributed by atoms with Crippen LogP contribution < -0.4 is 10.6 Å². The number of carbonyl (C=O) groups excluding carboxylic acids is 1. The van der Waals surface area contributed by atoms with Gasteiger partial charge in [0, 0.05) is 25.7 Å². The summed E-state index contributed by atoms with van der Waals surface area (Å²) in [6.45, 7) is 5.69. The number of nitrogens with zero attached hydrogens (tertiary/aromatic N) is 2. The molecule has 2 amide bonds. The van der Waals surface area contributed by atoms with Gasteiger partial charge in [-0.25, -0.2) is 9.78 Å². The number of nitrogens with one attached hydrogen (secondary N) is 2. The maximum absolute atomic E-state index is 11.6. The number of aromatic nitrogens is 2. The summed E-state index contributed by atoms with van der Waals surface area (Å²) in [6, 6.07) is 5.96. The Hall–Kier alpha value is -2.04. The first-order valence-corrected chi connectivity index (χ1v) is 7.59. The second kappa shape index (κ2) is 7.67. The molecule has 0 unspecified atom stereocenters. The smallest absolute Gasteiger partial charge is 0.314 e. The molecular weight excluding hydrogens is 264 g/mol. The SMILES string of the molecule is CC(C)CCNC(=O)NCCCc1ncc2ccccn12. The molecule has 0 aliphatic rings. The van der Waals surface area contributed by atoms with E-state index in [1.165, 1.54) is 0 Å². The van der Waals surface area contributed by atoms with Crippen LogP contribution in [0, 0.1) is 5.92 Å². The van der Waals surface area contributed by atoms with E-state index >= 15 is 0 Å². The van der Waals surface area contributed by atoms with Crippen LogP contribution in [0.1, 0.15) is 32.5 Å². The molecule has 2 heterocycles. The molecule has 0 aliphatic carbocycles. The van der Waals surface area contributed by atoms with Gasteiger partial charge in [-0.15, -0.1) is 0 Å². The van der Waals surface area contributed by atoms with E-state index in [4.69, 9.17) is 0 Å². The van der Waals surface area contributed by atoms with Crippen molar-refractivity contribution in [3.63, 3.8) is 0 Å². The van der Waals surface area contributed by atoms with Crippen molar-refractivity contribution in [2.45, 2.75) is 33.1 Å². The Morgan fingerprint density at radius 1 is 1.29 bits per heavy atom. The highest BCUT2D eigenvalue weighted by Crippen LogP contribution is 2.07. The Labute approximate surface area is 125 Å². The monoisotopic (exact) mass is 288 g/mol. The molecule has 0 fully saturated rings. The Balaban J connectivity index is 1.67. The third kappa shape index (κ3) is 4.77. The molecule has 0 spiro atoms. The van der Waals surface area contributed by atoms with Gasteiger partial charge in [0.2, 0.25) is 0 Å². The Bertz CT molecular complexity index is 576. The van der Waals surface area contributed by atoms with Crippen LogP contribution in [0.4, 0.5) is 4.79 Å². The summed E-state index contributed by atoms with van der Waals surface area (Å²) in [5.41, 5.74) is 1.10. The molecule has 0 radical (unpaired) electrons. The van der Waals surface area contributed by atoms with E-state index in [9.17, 15) is 4.79 Å². The minimum atomic E-state index is -0.0800. The van der Waals surface area contributed by atoms with Gasteiger partial charge in [0.1, 0.15) is 5.82 Å². The minimum absolute atomic E-state index is 0.0800. The highest BCUT2D eigenvalue weighted by molar-refractivity contribution is 5.73. The fraction of sp³-hybridized carbons (Fsp3) is 0.500. The van der Waals surface area contributed by atoms with Crippen molar-refractivity contribution in [3.05, 3.63) is 36.4 Å². The molecule has 0 saturated heterocycles. The summed E-state index contributed by atoms with van der Waals surface area (Å²) in [4.78, 5) is 16.0. The zero-order chi connectivity index (χ0) is 15.1. The first kappa shape index (κ1) is 15.4. The lowest BCUT2D eigenvalue weighted by molar-refractivity contribution is 0.240. The molecule has 0 bridgehead atoms. The van der Waals surface area contributed by atoms with Gasteiger partial charge in [-0.3, -0.25) is 0 Å². The molecule has 0 aromatic carbocycles. The van der Waals surface area contributed by atoms with Crippen LogP contribution in [0.25, 0.3) is 5.52 Å². The van der Waals surface area contributed by atoms with Gasteiger partial charge in [-0.05, 0) is 30.9 Å². The Kier molecular flexibility index (Phi) is 5.60. The topological polar surface area (TPSA) is 58.4 Å². The van der Waals surface area contributed by atoms with E-state index < -0.39 is 0 Å². The molecule has 2 aromatic rings. The van der Waals surface area contributed by atoms with Crippen molar-refractivity contribution < 1.29 is 4.79 Å². The third-order valence-electron chi connectivity index (χ3n) is 3.39. The summed E-state index contributed by atoms with van der Waals surface area (Å²) in [5.74, 6) is 1.65. The molecule has 2 rings (SSSR count). The zero-order valence-electron chi connectivity index (χ0n) is 12.8. The zero-order valence-corrected chi connectivity index (χ0v) is 12.8. The molecule has 0 saturated carbocycles. The summed E-state index contributed by atoms with van der Waals surface area (Å²) < 4.78 is 2.09. The highest BCUT2D eigenvalue weighted by atomic mass is 16.2. The third-order valence-corrected chi connectivity index (χ3v) is 3.39. The summed E-state index contributed by atoms with van der Waals surface area (Å²) >= 11 is 0. The summed E-state index contributed by atoms with van der Waals surface area (Å²) in [6.07, 6.45) is 6.63. The number of urea groups is 1. The number of hydrogen-bond acceptors (Lipinski definition) is 2. The number of imidazole rings is 1. The van der Waals surface area contributed by atoms with Gasteiger partial charge in [0.05, 0.1) is 11.7 Å². The van der Waals surface area contributed by atoms with Crippen LogP contribution in [0.15, 0.2) is 30.6 Å². The first-order valence-electron chi connectivity index (χ1n) is 7.59. The Morgan fingerprint density at radius 3 is 2.90 bits per heavy atom. The van der Waals surface area contributed by atoms with Crippen LogP contribution in [0.5, 0.6) is 0 Å². The number of rotatable bonds is 7. The lowest BCUT2D eigenvalue weighted by Crippen LogP contribution is -2.37. The van der Waals surface area contributed by atoms with Crippen LogP contribution in [0.2, 0.25) is 0 Å². The van der Waals surface area contributed by atoms with Gasteiger partial charge in [0.15, 0.2) is 0 Å². The van der Waals surface area contributed by atoms with Crippen LogP contribution in [-0.2, 0) is 6.42 Å². The average molecular weight is 288 g/mol. The number of carbonyl (C=O) groups is 1. The van der Waals surface area contributed by atoms with Crippen molar-refractivity contribution in [1.82, 2.24) is 20.0 Å². The van der Waals surface area contributed by atoms with E-state index in [-0.39, 0.29) is 6.03 Å². The predicted octanol–water partition coefficient (Wildman–Crippen LogP) is 2.61. The second-order valence-corrected chi connectivity index (χ2v) is 5.64. The quantitative estimate of drug-likeness (QED) is 0.769. The fourth-order valence-corrected chi connectivity index (χ4v) is 2.17. The van der Waals surface area contributed by atoms with Gasteiger partial charge < -0.3 is 15.0 Å². The molecule has 2 N–H and O–H groups in total. The molecule has 2 aromatic heterocycles. The van der Waals surface area contributed by atoms with E-state index in [1.807, 2.05) is 30.6 Å². The van der Waals surface area contributed by atoms with Crippen LogP contribution in [-0.4, -0.2) is 28.5 Å². The minimum Gasteiger partial charge on any atom is -0.338 e. The maximum atomic E-state index is 11.6. The molecular formula is C16H24N4O. The fourth-order valence-electron chi connectivity index (χ4n) is 2.17. The highest BCUT2D eigenvalue weighted by Gasteiger charge is 2.03. The predicted molar refractivity (Wildman–Crippen MR) is 84.4 cm³/mol. The normalized spacial score (nSPS) is 11.0. The number of pyridine rings is 1. The number of hydrogen-bond donors (Lipinski definition) is 2. The summed E-state index contributed by atoms with van der Waals surface area (Å²) in [5, 5.41) is 5.75. The molecule has 0 aliphatic heterocycles. The molecule has 114 valence electrons. The van der Waals surface area contributed by atoms with E-state index in [0.717, 1.165) is 37.1 Å². The number of fused-ring (bicyclic) bond motifs is 1. The molecule has 5 heteroatoms. The van der Waals surface area contributed by atoms with Crippen LogP contribution in [0.3, 0.4) is 0 Å². The van der Waals surface area contributed by atoms with Gasteiger partial charge in [0.25, 0.3) is 0 Å². The van der Waals surface area contributed by atoms with Gasteiger partial charge in [-0.1, -0.05) is 19.9 Å². The Morgan fingerprint density at radius 2 is 2.10 bits per heavy atom. The van der Waals surface area contributed by atoms with Gasteiger partial charge in [-0.2, -0.15) is 0 Å². The van der Waals surface area contributed by atoms with Crippen molar-refractivity contribution in [1.29, 1.82) is 0 Å². The lowest BCUT2D eigenvalue weighted by Gasteiger charge is -2.08. The van der Waals surface area contributed by atoms with Gasteiger partial charge >= 0.3 is 6.03 Å². The average Bonchev–Trinajstić information content (AvgIpc) is 2.86. The largest absolute Gasteiger partial charge is 0.338 e. The summed E-state index contributed by atoms with van der Waals surface area (Å²) in [7, 11) is 0. The molecule has 0 atom stereocenters. The van der Waals surface area contributed by atoms with Crippen molar-refractivity contribution >= 4 is 11.5 Å². The van der Waals surface area contributed by atoms with Crippen molar-refractivity contribution in [2.75, 3.05) is 13.1 Å². The molecule has 21 heavy (non-hydrogen) atoms. The standard InChI is InChI=1S/C16H24N4O/c1-13(2)8-10-18-16(21)17-9-5-7-15-19-12-14-6-3-4-11-20(14)15/h3-4,6,11-13H,5,7-10H2,1-2H3,(H2,17,18,21). The van der Waals surface area contributed by atoms with E-state index in [1.54, 1.807) is 0 Å². The van der Waals surface area contributed by atoms with Crippen molar-refractivity contribution in [2.24, 2.45) is 5.92 Å². The maximum Gasteiger partial charge on any atom is 0.314 e. The van der Waals surface area contributed by atoms with Crippen molar-refractivity contribution in [3.8, 4) is 0 Å².